The van der Waals surface area contributed by atoms with Crippen LogP contribution in [0, 0.1) is 0 Å². The van der Waals surface area contributed by atoms with E-state index in [1.807, 2.05) is 18.2 Å². The standard InChI is InChI=1S/C23H19NO2S/c1-25-21-12-10-18(14-22(21)26-2)20-15-27-23(24-20)13-11-17-8-5-7-16-6-3-4-9-19(16)17/h3-15H,1-2H3/b13-11+. The van der Waals surface area contributed by atoms with E-state index in [0.29, 0.717) is 11.5 Å². The van der Waals surface area contributed by atoms with Crippen molar-refractivity contribution in [3.8, 4) is 22.8 Å². The lowest BCUT2D eigenvalue weighted by molar-refractivity contribution is 0.355. The molecule has 0 bridgehead atoms. The van der Waals surface area contributed by atoms with Crippen molar-refractivity contribution in [1.82, 2.24) is 4.98 Å². The molecular formula is C23H19NO2S. The van der Waals surface area contributed by atoms with Crippen LogP contribution >= 0.6 is 11.3 Å². The molecule has 0 amide bonds. The first-order valence-electron chi connectivity index (χ1n) is 8.62. The molecule has 27 heavy (non-hydrogen) atoms. The van der Waals surface area contributed by atoms with Crippen LogP contribution in [-0.2, 0) is 0 Å². The van der Waals surface area contributed by atoms with Gasteiger partial charge in [-0.05, 0) is 40.6 Å². The van der Waals surface area contributed by atoms with Crippen LogP contribution < -0.4 is 9.47 Å². The molecule has 3 nitrogen and oxygen atoms in total. The van der Waals surface area contributed by atoms with Gasteiger partial charge in [-0.25, -0.2) is 4.98 Å². The molecule has 4 aromatic rings. The van der Waals surface area contributed by atoms with Crippen LogP contribution in [0.4, 0.5) is 0 Å². The van der Waals surface area contributed by atoms with E-state index in [2.05, 4.69) is 60.0 Å². The minimum absolute atomic E-state index is 0.704. The van der Waals surface area contributed by atoms with Gasteiger partial charge in [-0.15, -0.1) is 11.3 Å². The minimum atomic E-state index is 0.704. The van der Waals surface area contributed by atoms with E-state index in [0.717, 1.165) is 16.3 Å². The number of benzene rings is 3. The second-order valence-electron chi connectivity index (χ2n) is 6.04. The average Bonchev–Trinajstić information content (AvgIpc) is 3.20. The number of hydrogen-bond donors (Lipinski definition) is 0. The normalized spacial score (nSPS) is 11.2. The summed E-state index contributed by atoms with van der Waals surface area (Å²) < 4.78 is 10.7. The predicted octanol–water partition coefficient (Wildman–Crippen LogP) is 6.15. The Morgan fingerprint density at radius 3 is 2.52 bits per heavy atom. The summed E-state index contributed by atoms with van der Waals surface area (Å²) in [4.78, 5) is 4.74. The number of fused-ring (bicyclic) bond motifs is 1. The van der Waals surface area contributed by atoms with Gasteiger partial charge < -0.3 is 9.47 Å². The fourth-order valence-electron chi connectivity index (χ4n) is 3.05. The van der Waals surface area contributed by atoms with E-state index in [-0.39, 0.29) is 0 Å². The predicted molar refractivity (Wildman–Crippen MR) is 114 cm³/mol. The zero-order chi connectivity index (χ0) is 18.6. The molecule has 0 saturated carbocycles. The topological polar surface area (TPSA) is 31.4 Å². The summed E-state index contributed by atoms with van der Waals surface area (Å²) >= 11 is 1.62. The molecule has 0 saturated heterocycles. The molecular weight excluding hydrogens is 354 g/mol. The van der Waals surface area contributed by atoms with E-state index in [4.69, 9.17) is 14.5 Å². The van der Waals surface area contributed by atoms with Crippen molar-refractivity contribution in [3.63, 3.8) is 0 Å². The van der Waals surface area contributed by atoms with Crippen LogP contribution in [-0.4, -0.2) is 19.2 Å². The van der Waals surface area contributed by atoms with Gasteiger partial charge in [0.15, 0.2) is 11.5 Å². The van der Waals surface area contributed by atoms with E-state index in [1.54, 1.807) is 25.6 Å². The van der Waals surface area contributed by atoms with Gasteiger partial charge in [0.25, 0.3) is 0 Å². The van der Waals surface area contributed by atoms with Crippen molar-refractivity contribution in [2.24, 2.45) is 0 Å². The van der Waals surface area contributed by atoms with Crippen LogP contribution in [0.25, 0.3) is 34.2 Å². The van der Waals surface area contributed by atoms with E-state index in [1.165, 1.54) is 16.3 Å². The van der Waals surface area contributed by atoms with Gasteiger partial charge in [0, 0.05) is 10.9 Å². The van der Waals surface area contributed by atoms with Crippen LogP contribution in [0.1, 0.15) is 10.6 Å². The number of methoxy groups -OCH3 is 2. The average molecular weight is 373 g/mol. The summed E-state index contributed by atoms with van der Waals surface area (Å²) in [7, 11) is 3.28. The third-order valence-electron chi connectivity index (χ3n) is 4.43. The van der Waals surface area contributed by atoms with Crippen molar-refractivity contribution in [2.75, 3.05) is 14.2 Å². The van der Waals surface area contributed by atoms with Crippen molar-refractivity contribution in [3.05, 3.63) is 76.6 Å². The number of hydrogen-bond acceptors (Lipinski definition) is 4. The SMILES string of the molecule is COc1ccc(-c2csc(/C=C/c3cccc4ccccc34)n2)cc1OC. The molecule has 0 aliphatic carbocycles. The second kappa shape index (κ2) is 7.64. The maximum absolute atomic E-state index is 5.39. The Morgan fingerprint density at radius 1 is 0.852 bits per heavy atom. The molecule has 3 aromatic carbocycles. The highest BCUT2D eigenvalue weighted by Gasteiger charge is 2.08. The van der Waals surface area contributed by atoms with Gasteiger partial charge in [0.1, 0.15) is 5.01 Å². The van der Waals surface area contributed by atoms with E-state index < -0.39 is 0 Å². The highest BCUT2D eigenvalue weighted by molar-refractivity contribution is 7.10. The van der Waals surface area contributed by atoms with Gasteiger partial charge >= 0.3 is 0 Å². The van der Waals surface area contributed by atoms with Crippen molar-refractivity contribution in [2.45, 2.75) is 0 Å². The number of rotatable bonds is 5. The molecule has 0 radical (unpaired) electrons. The summed E-state index contributed by atoms with van der Waals surface area (Å²) in [6.07, 6.45) is 4.19. The largest absolute Gasteiger partial charge is 0.493 e. The fourth-order valence-corrected chi connectivity index (χ4v) is 3.77. The Labute approximate surface area is 162 Å². The summed E-state index contributed by atoms with van der Waals surface area (Å²) in [5.41, 5.74) is 3.13. The Bertz CT molecular complexity index is 1110. The molecule has 0 fully saturated rings. The summed E-state index contributed by atoms with van der Waals surface area (Å²) in [5, 5.41) is 5.51. The molecule has 1 heterocycles. The van der Waals surface area contributed by atoms with Crippen molar-refractivity contribution < 1.29 is 9.47 Å². The quantitative estimate of drug-likeness (QED) is 0.420. The molecule has 0 aliphatic rings. The van der Waals surface area contributed by atoms with Crippen LogP contribution in [0.15, 0.2) is 66.0 Å². The summed E-state index contributed by atoms with van der Waals surface area (Å²) in [6, 6.07) is 20.6. The lowest BCUT2D eigenvalue weighted by atomic mass is 10.0. The third kappa shape index (κ3) is 3.57. The molecule has 0 spiro atoms. The third-order valence-corrected chi connectivity index (χ3v) is 5.24. The molecule has 0 unspecified atom stereocenters. The van der Waals surface area contributed by atoms with Gasteiger partial charge in [-0.2, -0.15) is 0 Å². The highest BCUT2D eigenvalue weighted by Crippen LogP contribution is 2.33. The first kappa shape index (κ1) is 17.3. The van der Waals surface area contributed by atoms with Gasteiger partial charge in [-0.1, -0.05) is 48.5 Å². The van der Waals surface area contributed by atoms with Gasteiger partial charge in [0.05, 0.1) is 19.9 Å². The van der Waals surface area contributed by atoms with Crippen LogP contribution in [0.3, 0.4) is 0 Å². The fraction of sp³-hybridized carbons (Fsp3) is 0.0870. The second-order valence-corrected chi connectivity index (χ2v) is 6.93. The number of nitrogens with zero attached hydrogens (tertiary/aromatic N) is 1. The molecule has 4 heteroatoms. The summed E-state index contributed by atoms with van der Waals surface area (Å²) in [6.45, 7) is 0. The smallest absolute Gasteiger partial charge is 0.161 e. The minimum Gasteiger partial charge on any atom is -0.493 e. The maximum Gasteiger partial charge on any atom is 0.161 e. The number of aromatic nitrogens is 1. The first-order chi connectivity index (χ1) is 13.3. The zero-order valence-electron chi connectivity index (χ0n) is 15.2. The van der Waals surface area contributed by atoms with Crippen LogP contribution in [0.5, 0.6) is 11.5 Å². The monoisotopic (exact) mass is 373 g/mol. The lowest BCUT2D eigenvalue weighted by Crippen LogP contribution is -1.90. The van der Waals surface area contributed by atoms with E-state index >= 15 is 0 Å². The molecule has 134 valence electrons. The van der Waals surface area contributed by atoms with Crippen LogP contribution in [0.2, 0.25) is 0 Å². The van der Waals surface area contributed by atoms with Gasteiger partial charge in [0.2, 0.25) is 0 Å². The highest BCUT2D eigenvalue weighted by atomic mass is 32.1. The first-order valence-corrected chi connectivity index (χ1v) is 9.50. The van der Waals surface area contributed by atoms with Crippen molar-refractivity contribution in [1.29, 1.82) is 0 Å². The molecule has 4 rings (SSSR count). The molecule has 1 aromatic heterocycles. The molecule has 0 N–H and O–H groups in total. The lowest BCUT2D eigenvalue weighted by Gasteiger charge is -2.08. The Morgan fingerprint density at radius 2 is 1.67 bits per heavy atom. The van der Waals surface area contributed by atoms with Crippen molar-refractivity contribution >= 4 is 34.3 Å². The summed E-state index contributed by atoms with van der Waals surface area (Å²) in [5.74, 6) is 1.42. The number of ether oxygens (including phenoxy) is 2. The Balaban J connectivity index is 1.62. The molecule has 0 aliphatic heterocycles. The Kier molecular flexibility index (Phi) is 4.90. The van der Waals surface area contributed by atoms with E-state index in [9.17, 15) is 0 Å². The van der Waals surface area contributed by atoms with Gasteiger partial charge in [-0.3, -0.25) is 0 Å². The molecule has 0 atom stereocenters. The Hall–Kier alpha value is -3.11. The maximum atomic E-state index is 5.39. The zero-order valence-corrected chi connectivity index (χ0v) is 16.0. The number of thiazole rings is 1.